The summed E-state index contributed by atoms with van der Waals surface area (Å²) < 4.78 is 25.3. The molecule has 1 saturated carbocycles. The number of nitrogens with one attached hydrogen (secondary N) is 1. The van der Waals surface area contributed by atoms with Crippen molar-refractivity contribution in [3.8, 4) is 0 Å². The Labute approximate surface area is 96.1 Å². The lowest BCUT2D eigenvalue weighted by molar-refractivity contribution is -0.0999. The van der Waals surface area contributed by atoms with Crippen LogP contribution < -0.4 is 5.32 Å². The monoisotopic (exact) mass is 252 g/mol. The van der Waals surface area contributed by atoms with Crippen molar-refractivity contribution in [2.45, 2.75) is 36.3 Å². The molecule has 0 spiro atoms. The molecule has 4 nitrogen and oxygen atoms in total. The average Bonchev–Trinajstić information content (AvgIpc) is 2.66. The van der Waals surface area contributed by atoms with Gasteiger partial charge in [-0.2, -0.15) is 0 Å². The molecule has 1 saturated heterocycles. The molecule has 0 bridgehead atoms. The lowest BCUT2D eigenvalue weighted by atomic mass is 9.81. The number of fused-ring (bicyclic) bond motifs is 1. The van der Waals surface area contributed by atoms with Crippen molar-refractivity contribution >= 4 is 16.9 Å². The Bertz CT molecular complexity index is 303. The number of rotatable bonds is 1. The van der Waals surface area contributed by atoms with Crippen molar-refractivity contribution in [1.82, 2.24) is 5.32 Å². The molecule has 1 heterocycles. The molecule has 2 aliphatic rings. The van der Waals surface area contributed by atoms with Gasteiger partial charge < -0.3 is 15.5 Å². The number of aliphatic hydroxyl groups is 2. The second kappa shape index (κ2) is 4.46. The minimum Gasteiger partial charge on any atom is -0.390 e. The van der Waals surface area contributed by atoms with Crippen LogP contribution in [0.3, 0.4) is 0 Å². The highest BCUT2D eigenvalue weighted by Gasteiger charge is 2.50. The van der Waals surface area contributed by atoms with E-state index in [1.807, 2.05) is 0 Å². The first-order valence-electron chi connectivity index (χ1n) is 5.09. The first kappa shape index (κ1) is 12.1. The van der Waals surface area contributed by atoms with Gasteiger partial charge in [0.1, 0.15) is 6.10 Å². The summed E-state index contributed by atoms with van der Waals surface area (Å²) in [6.45, 7) is 0. The maximum Gasteiger partial charge on any atom is 0.244 e. The van der Waals surface area contributed by atoms with E-state index in [1.54, 1.807) is 7.05 Å². The summed E-state index contributed by atoms with van der Waals surface area (Å²) in [6, 6.07) is -0.381. The number of thioether (sulfide) groups is 1. The van der Waals surface area contributed by atoms with E-state index in [2.05, 4.69) is 10.3 Å². The molecule has 1 aliphatic carbocycles. The molecule has 16 heavy (non-hydrogen) atoms. The second-order valence-corrected chi connectivity index (χ2v) is 5.30. The third-order valence-corrected chi connectivity index (χ3v) is 4.45. The van der Waals surface area contributed by atoms with Crippen molar-refractivity contribution in [1.29, 1.82) is 0 Å². The van der Waals surface area contributed by atoms with Crippen molar-refractivity contribution < 1.29 is 19.0 Å². The summed E-state index contributed by atoms with van der Waals surface area (Å²) in [5, 5.41) is 22.8. The molecular weight excluding hydrogens is 238 g/mol. The minimum absolute atomic E-state index is 0.143. The number of alkyl halides is 2. The molecule has 3 N–H and O–H groups in total. The van der Waals surface area contributed by atoms with Crippen LogP contribution in [0.4, 0.5) is 8.78 Å². The summed E-state index contributed by atoms with van der Waals surface area (Å²) >= 11 is 1.36. The van der Waals surface area contributed by atoms with Gasteiger partial charge in [-0.1, -0.05) is 11.8 Å². The van der Waals surface area contributed by atoms with Crippen LogP contribution in [-0.4, -0.2) is 52.4 Å². The molecule has 0 amide bonds. The van der Waals surface area contributed by atoms with Gasteiger partial charge in [-0.3, -0.25) is 4.99 Å². The fourth-order valence-corrected chi connectivity index (χ4v) is 3.52. The van der Waals surface area contributed by atoms with Gasteiger partial charge >= 0.3 is 0 Å². The van der Waals surface area contributed by atoms with Gasteiger partial charge in [0.25, 0.3) is 0 Å². The van der Waals surface area contributed by atoms with Crippen LogP contribution >= 0.6 is 11.8 Å². The number of aliphatic hydroxyl groups excluding tert-OH is 2. The van der Waals surface area contributed by atoms with Crippen LogP contribution in [0.2, 0.25) is 0 Å². The average molecular weight is 252 g/mol. The third-order valence-electron chi connectivity index (χ3n) is 3.14. The van der Waals surface area contributed by atoms with Crippen molar-refractivity contribution in [2.75, 3.05) is 7.05 Å². The topological polar surface area (TPSA) is 64.9 Å². The smallest absolute Gasteiger partial charge is 0.244 e. The highest BCUT2D eigenvalue weighted by atomic mass is 32.2. The molecule has 7 heteroatoms. The zero-order chi connectivity index (χ0) is 11.9. The molecule has 0 aromatic rings. The quantitative estimate of drug-likeness (QED) is 0.617. The van der Waals surface area contributed by atoms with E-state index in [9.17, 15) is 19.0 Å². The number of amidine groups is 1. The SMILES string of the molecule is CN=C1NC2C(CC(C(F)F)C(O)C2O)S1. The number of nitrogens with zero attached hydrogens (tertiary/aromatic N) is 1. The Morgan fingerprint density at radius 1 is 1.44 bits per heavy atom. The first-order valence-corrected chi connectivity index (χ1v) is 5.96. The van der Waals surface area contributed by atoms with Crippen LogP contribution in [0, 0.1) is 5.92 Å². The summed E-state index contributed by atoms with van der Waals surface area (Å²) in [5.41, 5.74) is 0. The van der Waals surface area contributed by atoms with Crippen LogP contribution in [0.15, 0.2) is 4.99 Å². The molecule has 5 atom stereocenters. The normalized spacial score (nSPS) is 45.9. The molecule has 2 fully saturated rings. The number of halogens is 2. The number of hydrogen-bond acceptors (Lipinski definition) is 4. The molecule has 2 rings (SSSR count). The zero-order valence-corrected chi connectivity index (χ0v) is 9.49. The van der Waals surface area contributed by atoms with Gasteiger partial charge in [0.15, 0.2) is 5.17 Å². The minimum atomic E-state index is -2.60. The Kier molecular flexibility index (Phi) is 3.37. The van der Waals surface area contributed by atoms with Crippen molar-refractivity contribution in [2.24, 2.45) is 10.9 Å². The van der Waals surface area contributed by atoms with Crippen LogP contribution in [0.5, 0.6) is 0 Å². The lowest BCUT2D eigenvalue weighted by Gasteiger charge is -2.38. The second-order valence-electron chi connectivity index (χ2n) is 4.07. The van der Waals surface area contributed by atoms with E-state index >= 15 is 0 Å². The first-order chi connectivity index (χ1) is 7.54. The highest BCUT2D eigenvalue weighted by molar-refractivity contribution is 8.14. The Hall–Kier alpha value is -0.400. The van der Waals surface area contributed by atoms with Gasteiger partial charge in [-0.25, -0.2) is 8.78 Å². The summed E-state index contributed by atoms with van der Waals surface area (Å²) in [6.07, 6.45) is -4.94. The predicted octanol–water partition coefficient (Wildman–Crippen LogP) is 0.0526. The Balaban J connectivity index is 2.15. The molecule has 0 radical (unpaired) electrons. The molecule has 0 aromatic heterocycles. The van der Waals surface area contributed by atoms with Crippen molar-refractivity contribution in [3.05, 3.63) is 0 Å². The fourth-order valence-electron chi connectivity index (χ4n) is 2.23. The van der Waals surface area contributed by atoms with E-state index in [0.29, 0.717) is 5.17 Å². The summed E-state index contributed by atoms with van der Waals surface area (Å²) in [5.74, 6) is -1.15. The van der Waals surface area contributed by atoms with E-state index < -0.39 is 24.6 Å². The van der Waals surface area contributed by atoms with Gasteiger partial charge in [0.05, 0.1) is 12.1 Å². The van der Waals surface area contributed by atoms with E-state index in [0.717, 1.165) is 0 Å². The number of aliphatic imine (C=N–C) groups is 1. The standard InChI is InChI=1S/C9H14F2N2O2S/c1-12-9-13-5-4(16-9)2-3(8(10)11)6(14)7(5)15/h3-8,14-15H,2H2,1H3,(H,12,13). The highest BCUT2D eigenvalue weighted by Crippen LogP contribution is 2.39. The number of hydrogen-bond donors (Lipinski definition) is 3. The lowest BCUT2D eigenvalue weighted by Crippen LogP contribution is -2.56. The van der Waals surface area contributed by atoms with Crippen LogP contribution in [0.25, 0.3) is 0 Å². The summed E-state index contributed by atoms with van der Waals surface area (Å²) in [7, 11) is 1.60. The molecule has 0 aromatic carbocycles. The largest absolute Gasteiger partial charge is 0.390 e. The maximum absolute atomic E-state index is 12.6. The Morgan fingerprint density at radius 2 is 2.12 bits per heavy atom. The van der Waals surface area contributed by atoms with Gasteiger partial charge in [0, 0.05) is 18.2 Å². The van der Waals surface area contributed by atoms with Crippen LogP contribution in [-0.2, 0) is 0 Å². The maximum atomic E-state index is 12.6. The molecular formula is C9H14F2N2O2S. The van der Waals surface area contributed by atoms with E-state index in [4.69, 9.17) is 0 Å². The summed E-state index contributed by atoms with van der Waals surface area (Å²) in [4.78, 5) is 3.93. The van der Waals surface area contributed by atoms with E-state index in [-0.39, 0.29) is 17.7 Å². The predicted molar refractivity (Wildman–Crippen MR) is 57.8 cm³/mol. The Morgan fingerprint density at radius 3 is 2.69 bits per heavy atom. The molecule has 1 aliphatic heterocycles. The van der Waals surface area contributed by atoms with Crippen molar-refractivity contribution in [3.63, 3.8) is 0 Å². The van der Waals surface area contributed by atoms with Gasteiger partial charge in [0.2, 0.25) is 6.43 Å². The fraction of sp³-hybridized carbons (Fsp3) is 0.889. The third kappa shape index (κ3) is 1.91. The zero-order valence-electron chi connectivity index (χ0n) is 8.68. The van der Waals surface area contributed by atoms with Gasteiger partial charge in [-0.15, -0.1) is 0 Å². The van der Waals surface area contributed by atoms with Gasteiger partial charge in [-0.05, 0) is 6.42 Å². The molecule has 5 unspecified atom stereocenters. The van der Waals surface area contributed by atoms with E-state index in [1.165, 1.54) is 11.8 Å². The molecule has 92 valence electrons. The van der Waals surface area contributed by atoms with Crippen LogP contribution in [0.1, 0.15) is 6.42 Å².